The van der Waals surface area contributed by atoms with E-state index in [2.05, 4.69) is 48.8 Å². The SMILES string of the molecule is COc1ccc(C(=O)N2CCN(C)CC2)cc1Nc1ncc(-c2ccc(C#N)c(O[C@@H](C)Cn3cnnn3)c2)cn1. The van der Waals surface area contributed by atoms with E-state index >= 15 is 0 Å². The monoisotopic (exact) mass is 554 g/mol. The van der Waals surface area contributed by atoms with Gasteiger partial charge in [-0.25, -0.2) is 14.6 Å². The van der Waals surface area contributed by atoms with Crippen LogP contribution in [0.15, 0.2) is 55.1 Å². The van der Waals surface area contributed by atoms with Crippen molar-refractivity contribution in [2.75, 3.05) is 45.7 Å². The normalized spacial score (nSPS) is 14.2. The zero-order chi connectivity index (χ0) is 28.8. The number of rotatable bonds is 9. The highest BCUT2D eigenvalue weighted by molar-refractivity contribution is 5.96. The molecule has 2 aromatic carbocycles. The number of amides is 1. The Balaban J connectivity index is 1.31. The second kappa shape index (κ2) is 12.4. The number of ether oxygens (including phenoxy) is 2. The number of carbonyl (C=O) groups excluding carboxylic acids is 1. The molecule has 1 amide bonds. The molecule has 1 saturated heterocycles. The minimum absolute atomic E-state index is 0.0221. The molecule has 0 spiro atoms. The summed E-state index contributed by atoms with van der Waals surface area (Å²) in [5.74, 6) is 1.33. The summed E-state index contributed by atoms with van der Waals surface area (Å²) < 4.78 is 13.1. The van der Waals surface area contributed by atoms with E-state index < -0.39 is 0 Å². The standard InChI is InChI=1S/C28H30N10O3/c1-19(17-38-18-32-34-35-38)41-26-13-20(4-5-22(26)14-29)23-15-30-28(31-16-23)33-24-12-21(6-7-25(24)40-3)27(39)37-10-8-36(2)9-11-37/h4-7,12-13,15-16,18-19H,8-11,17H2,1-3H3,(H,30,31,33)/t19-/m0/s1. The van der Waals surface area contributed by atoms with Gasteiger partial charge in [-0.15, -0.1) is 5.10 Å². The number of benzene rings is 2. The molecule has 0 aliphatic carbocycles. The molecule has 0 saturated carbocycles. The first-order valence-corrected chi connectivity index (χ1v) is 13.1. The lowest BCUT2D eigenvalue weighted by Gasteiger charge is -2.32. The lowest BCUT2D eigenvalue weighted by Crippen LogP contribution is -2.47. The number of hydrogen-bond acceptors (Lipinski definition) is 11. The average molecular weight is 555 g/mol. The largest absolute Gasteiger partial charge is 0.495 e. The summed E-state index contributed by atoms with van der Waals surface area (Å²) in [5, 5.41) is 23.8. The van der Waals surface area contributed by atoms with Crippen LogP contribution in [0.25, 0.3) is 11.1 Å². The fourth-order valence-electron chi connectivity index (χ4n) is 4.47. The van der Waals surface area contributed by atoms with E-state index in [4.69, 9.17) is 9.47 Å². The topological polar surface area (TPSA) is 147 Å². The lowest BCUT2D eigenvalue weighted by molar-refractivity contribution is 0.0664. The van der Waals surface area contributed by atoms with Gasteiger partial charge in [-0.2, -0.15) is 5.26 Å². The molecule has 1 fully saturated rings. The van der Waals surface area contributed by atoms with E-state index in [1.165, 1.54) is 6.33 Å². The van der Waals surface area contributed by atoms with Gasteiger partial charge in [0.25, 0.3) is 5.91 Å². The first-order valence-electron chi connectivity index (χ1n) is 13.1. The highest BCUT2D eigenvalue weighted by Crippen LogP contribution is 2.30. The number of nitrogens with zero attached hydrogens (tertiary/aromatic N) is 9. The number of carbonyl (C=O) groups is 1. The zero-order valence-corrected chi connectivity index (χ0v) is 23.1. The molecule has 13 nitrogen and oxygen atoms in total. The molecule has 5 rings (SSSR count). The minimum atomic E-state index is -0.280. The third-order valence-corrected chi connectivity index (χ3v) is 6.73. The molecule has 1 aliphatic rings. The van der Waals surface area contributed by atoms with Crippen LogP contribution >= 0.6 is 0 Å². The Morgan fingerprint density at radius 3 is 2.54 bits per heavy atom. The molecule has 1 N–H and O–H groups in total. The second-order valence-corrected chi connectivity index (χ2v) is 9.71. The fourth-order valence-corrected chi connectivity index (χ4v) is 4.47. The van der Waals surface area contributed by atoms with Crippen LogP contribution in [0.1, 0.15) is 22.8 Å². The van der Waals surface area contributed by atoms with Crippen molar-refractivity contribution in [2.45, 2.75) is 19.6 Å². The Bertz CT molecular complexity index is 1530. The van der Waals surface area contributed by atoms with Gasteiger partial charge in [0, 0.05) is 49.7 Å². The van der Waals surface area contributed by atoms with E-state index in [9.17, 15) is 10.1 Å². The van der Waals surface area contributed by atoms with E-state index in [-0.39, 0.29) is 12.0 Å². The highest BCUT2D eigenvalue weighted by atomic mass is 16.5. The number of piperazine rings is 1. The Morgan fingerprint density at radius 1 is 1.07 bits per heavy atom. The van der Waals surface area contributed by atoms with Gasteiger partial charge in [0.2, 0.25) is 5.95 Å². The van der Waals surface area contributed by atoms with Gasteiger partial charge in [-0.3, -0.25) is 4.79 Å². The van der Waals surface area contributed by atoms with Crippen molar-refractivity contribution in [3.8, 4) is 28.7 Å². The van der Waals surface area contributed by atoms with Crippen molar-refractivity contribution in [1.29, 1.82) is 5.26 Å². The van der Waals surface area contributed by atoms with Crippen molar-refractivity contribution in [3.05, 3.63) is 66.2 Å². The molecular weight excluding hydrogens is 524 g/mol. The van der Waals surface area contributed by atoms with Gasteiger partial charge in [-0.05, 0) is 60.3 Å². The molecule has 2 aromatic heterocycles. The number of nitriles is 1. The summed E-state index contributed by atoms with van der Waals surface area (Å²) in [4.78, 5) is 26.1. The summed E-state index contributed by atoms with van der Waals surface area (Å²) in [7, 11) is 3.62. The predicted molar refractivity (Wildman–Crippen MR) is 150 cm³/mol. The summed E-state index contributed by atoms with van der Waals surface area (Å²) in [6.45, 7) is 5.38. The van der Waals surface area contributed by atoms with Gasteiger partial charge in [-0.1, -0.05) is 6.07 Å². The lowest BCUT2D eigenvalue weighted by atomic mass is 10.1. The summed E-state index contributed by atoms with van der Waals surface area (Å²) in [6.07, 6.45) is 4.58. The van der Waals surface area contributed by atoms with E-state index in [1.807, 2.05) is 17.9 Å². The van der Waals surface area contributed by atoms with Gasteiger partial charge < -0.3 is 24.6 Å². The van der Waals surface area contributed by atoms with Crippen LogP contribution in [0.5, 0.6) is 11.5 Å². The van der Waals surface area contributed by atoms with Crippen LogP contribution in [0.3, 0.4) is 0 Å². The molecule has 1 atom stereocenters. The molecule has 210 valence electrons. The number of likely N-dealkylation sites (N-methyl/N-ethyl adjacent to an activating group) is 1. The first kappa shape index (κ1) is 27.5. The third-order valence-electron chi connectivity index (χ3n) is 6.73. The third kappa shape index (κ3) is 6.56. The van der Waals surface area contributed by atoms with Crippen LogP contribution in [0, 0.1) is 11.3 Å². The van der Waals surface area contributed by atoms with Crippen molar-refractivity contribution in [2.24, 2.45) is 0 Å². The number of aromatic nitrogens is 6. The van der Waals surface area contributed by atoms with Crippen LogP contribution in [0.2, 0.25) is 0 Å². The van der Waals surface area contributed by atoms with Crippen molar-refractivity contribution in [1.82, 2.24) is 40.0 Å². The molecular formula is C28H30N10O3. The van der Waals surface area contributed by atoms with Gasteiger partial charge in [0.1, 0.15) is 30.0 Å². The first-order chi connectivity index (χ1) is 19.9. The van der Waals surface area contributed by atoms with Crippen LogP contribution in [-0.4, -0.2) is 92.3 Å². The fraction of sp³-hybridized carbons (Fsp3) is 0.321. The summed E-state index contributed by atoms with van der Waals surface area (Å²) in [6, 6.07) is 12.8. The maximum atomic E-state index is 13.1. The quantitative estimate of drug-likeness (QED) is 0.326. The number of nitrogens with one attached hydrogen (secondary N) is 1. The predicted octanol–water partition coefficient (Wildman–Crippen LogP) is 2.61. The van der Waals surface area contributed by atoms with Crippen LogP contribution < -0.4 is 14.8 Å². The molecule has 13 heteroatoms. The molecule has 0 bridgehead atoms. The number of tetrazole rings is 1. The smallest absolute Gasteiger partial charge is 0.254 e. The molecule has 1 aliphatic heterocycles. The molecule has 3 heterocycles. The highest BCUT2D eigenvalue weighted by Gasteiger charge is 2.21. The number of methoxy groups -OCH3 is 1. The number of hydrogen-bond donors (Lipinski definition) is 1. The Labute approximate surface area is 237 Å². The molecule has 41 heavy (non-hydrogen) atoms. The van der Waals surface area contributed by atoms with Crippen molar-refractivity contribution < 1.29 is 14.3 Å². The maximum Gasteiger partial charge on any atom is 0.254 e. The van der Waals surface area contributed by atoms with Crippen LogP contribution in [-0.2, 0) is 6.54 Å². The average Bonchev–Trinajstić information content (AvgIpc) is 3.50. The maximum absolute atomic E-state index is 13.1. The van der Waals surface area contributed by atoms with Gasteiger partial charge in [0.05, 0.1) is 24.9 Å². The zero-order valence-electron chi connectivity index (χ0n) is 23.1. The van der Waals surface area contributed by atoms with E-state index in [0.29, 0.717) is 53.9 Å². The van der Waals surface area contributed by atoms with Crippen LogP contribution in [0.4, 0.5) is 11.6 Å². The second-order valence-electron chi connectivity index (χ2n) is 9.71. The molecule has 4 aromatic rings. The summed E-state index contributed by atoms with van der Waals surface area (Å²) in [5.41, 5.74) is 3.09. The Morgan fingerprint density at radius 2 is 1.85 bits per heavy atom. The van der Waals surface area contributed by atoms with Gasteiger partial charge in [0.15, 0.2) is 0 Å². The van der Waals surface area contributed by atoms with Gasteiger partial charge >= 0.3 is 0 Å². The van der Waals surface area contributed by atoms with E-state index in [1.54, 1.807) is 54.5 Å². The Kier molecular flexibility index (Phi) is 8.31. The van der Waals surface area contributed by atoms with Crippen molar-refractivity contribution >= 4 is 17.5 Å². The summed E-state index contributed by atoms with van der Waals surface area (Å²) >= 11 is 0. The number of anilines is 2. The minimum Gasteiger partial charge on any atom is -0.495 e. The molecule has 0 unspecified atom stereocenters. The van der Waals surface area contributed by atoms with Crippen molar-refractivity contribution in [3.63, 3.8) is 0 Å². The van der Waals surface area contributed by atoms with E-state index in [0.717, 1.165) is 24.2 Å². The Hall–Kier alpha value is -5.09. The molecule has 0 radical (unpaired) electrons.